The van der Waals surface area contributed by atoms with Crippen LogP contribution in [0.25, 0.3) is 22.6 Å². The number of rotatable bonds is 4. The number of aromatic nitrogens is 6. The molecule has 1 aromatic carbocycles. The lowest BCUT2D eigenvalue weighted by Gasteiger charge is -1.94. The molecule has 0 aliphatic heterocycles. The fraction of sp³-hybridized carbons (Fsp3) is 0.0625. The van der Waals surface area contributed by atoms with Gasteiger partial charge in [-0.3, -0.25) is 4.98 Å². The molecule has 0 bridgehead atoms. The third kappa shape index (κ3) is 2.84. The third-order valence-electron chi connectivity index (χ3n) is 3.31. The average Bonchev–Trinajstić information content (AvgIpc) is 3.27. The van der Waals surface area contributed by atoms with Crippen molar-refractivity contribution in [1.29, 1.82) is 0 Å². The van der Waals surface area contributed by atoms with Crippen LogP contribution in [0.4, 0.5) is 0 Å². The van der Waals surface area contributed by atoms with Gasteiger partial charge in [-0.25, -0.2) is 4.68 Å². The Morgan fingerprint density at radius 1 is 0.957 bits per heavy atom. The Morgan fingerprint density at radius 3 is 2.61 bits per heavy atom. The zero-order valence-corrected chi connectivity index (χ0v) is 12.1. The van der Waals surface area contributed by atoms with Crippen molar-refractivity contribution >= 4 is 0 Å². The fourth-order valence-electron chi connectivity index (χ4n) is 2.19. The predicted octanol–water partition coefficient (Wildman–Crippen LogP) is 2.44. The summed E-state index contributed by atoms with van der Waals surface area (Å²) in [4.78, 5) is 8.33. The molecule has 0 amide bonds. The number of pyridine rings is 1. The van der Waals surface area contributed by atoms with E-state index in [2.05, 4.69) is 25.4 Å². The molecule has 7 heteroatoms. The molecule has 0 spiro atoms. The second-order valence-electron chi connectivity index (χ2n) is 4.91. The van der Waals surface area contributed by atoms with Crippen molar-refractivity contribution in [3.05, 3.63) is 66.9 Å². The van der Waals surface area contributed by atoms with Gasteiger partial charge in [0.05, 0.1) is 6.20 Å². The molecule has 0 saturated carbocycles. The van der Waals surface area contributed by atoms with Gasteiger partial charge in [0.1, 0.15) is 12.2 Å². The van der Waals surface area contributed by atoms with Crippen LogP contribution in [0, 0.1) is 0 Å². The predicted molar refractivity (Wildman–Crippen MR) is 82.1 cm³/mol. The SMILES string of the molecule is c1ccc(-c2cn(Cc3nc(-c4ccncc4)no3)nn2)cc1. The van der Waals surface area contributed by atoms with Crippen LogP contribution in [0.5, 0.6) is 0 Å². The molecule has 0 saturated heterocycles. The molecule has 0 unspecified atom stereocenters. The lowest BCUT2D eigenvalue weighted by molar-refractivity contribution is 0.364. The molecule has 0 aliphatic carbocycles. The van der Waals surface area contributed by atoms with Crippen molar-refractivity contribution in [3.63, 3.8) is 0 Å². The van der Waals surface area contributed by atoms with Crippen LogP contribution < -0.4 is 0 Å². The van der Waals surface area contributed by atoms with Crippen molar-refractivity contribution in [1.82, 2.24) is 30.1 Å². The van der Waals surface area contributed by atoms with Crippen molar-refractivity contribution in [2.75, 3.05) is 0 Å². The van der Waals surface area contributed by atoms with Crippen LogP contribution in [-0.4, -0.2) is 30.1 Å². The van der Waals surface area contributed by atoms with E-state index in [1.807, 2.05) is 48.7 Å². The van der Waals surface area contributed by atoms with E-state index in [9.17, 15) is 0 Å². The van der Waals surface area contributed by atoms with Crippen LogP contribution in [0.3, 0.4) is 0 Å². The highest BCUT2D eigenvalue weighted by molar-refractivity contribution is 5.57. The minimum Gasteiger partial charge on any atom is -0.337 e. The maximum absolute atomic E-state index is 5.27. The van der Waals surface area contributed by atoms with E-state index in [0.29, 0.717) is 18.3 Å². The summed E-state index contributed by atoms with van der Waals surface area (Å²) in [5.74, 6) is 1.01. The molecular formula is C16H12N6O. The fourth-order valence-corrected chi connectivity index (χ4v) is 2.19. The van der Waals surface area contributed by atoms with Gasteiger partial charge in [-0.1, -0.05) is 40.7 Å². The normalized spacial score (nSPS) is 10.8. The third-order valence-corrected chi connectivity index (χ3v) is 3.31. The Balaban J connectivity index is 1.53. The number of hydrogen-bond acceptors (Lipinski definition) is 6. The zero-order valence-electron chi connectivity index (χ0n) is 12.1. The topological polar surface area (TPSA) is 82.5 Å². The summed E-state index contributed by atoms with van der Waals surface area (Å²) < 4.78 is 6.94. The molecule has 0 radical (unpaired) electrons. The van der Waals surface area contributed by atoms with Gasteiger partial charge in [0, 0.05) is 23.5 Å². The molecular weight excluding hydrogens is 292 g/mol. The Kier molecular flexibility index (Phi) is 3.36. The molecule has 112 valence electrons. The van der Waals surface area contributed by atoms with Gasteiger partial charge in [-0.05, 0) is 12.1 Å². The zero-order chi connectivity index (χ0) is 15.5. The number of nitrogens with zero attached hydrogens (tertiary/aromatic N) is 6. The van der Waals surface area contributed by atoms with E-state index in [1.165, 1.54) is 0 Å². The van der Waals surface area contributed by atoms with Crippen molar-refractivity contribution in [2.45, 2.75) is 6.54 Å². The van der Waals surface area contributed by atoms with Gasteiger partial charge in [0.25, 0.3) is 0 Å². The quantitative estimate of drug-likeness (QED) is 0.576. The lowest BCUT2D eigenvalue weighted by Crippen LogP contribution is -2.00. The summed E-state index contributed by atoms with van der Waals surface area (Å²) in [6.07, 6.45) is 5.23. The van der Waals surface area contributed by atoms with E-state index in [0.717, 1.165) is 16.8 Å². The largest absolute Gasteiger partial charge is 0.337 e. The Hall–Kier alpha value is -3.35. The standard InChI is InChI=1S/C16H12N6O/c1-2-4-12(5-3-1)14-10-22(21-19-14)11-15-18-16(20-23-15)13-6-8-17-9-7-13/h1-10H,11H2. The van der Waals surface area contributed by atoms with E-state index in [4.69, 9.17) is 4.52 Å². The van der Waals surface area contributed by atoms with Crippen LogP contribution in [0.1, 0.15) is 5.89 Å². The summed E-state index contributed by atoms with van der Waals surface area (Å²) in [7, 11) is 0. The van der Waals surface area contributed by atoms with Gasteiger partial charge < -0.3 is 4.52 Å². The molecule has 0 fully saturated rings. The Morgan fingerprint density at radius 2 is 1.78 bits per heavy atom. The highest BCUT2D eigenvalue weighted by atomic mass is 16.5. The maximum Gasteiger partial charge on any atom is 0.248 e. The summed E-state index contributed by atoms with van der Waals surface area (Å²) in [5.41, 5.74) is 2.68. The summed E-state index contributed by atoms with van der Waals surface area (Å²) >= 11 is 0. The van der Waals surface area contributed by atoms with E-state index in [1.54, 1.807) is 17.1 Å². The monoisotopic (exact) mass is 304 g/mol. The molecule has 0 atom stereocenters. The smallest absolute Gasteiger partial charge is 0.248 e. The molecule has 7 nitrogen and oxygen atoms in total. The van der Waals surface area contributed by atoms with Crippen LogP contribution in [0.15, 0.2) is 65.6 Å². The van der Waals surface area contributed by atoms with Gasteiger partial charge in [0.15, 0.2) is 0 Å². The highest BCUT2D eigenvalue weighted by Gasteiger charge is 2.10. The molecule has 23 heavy (non-hydrogen) atoms. The van der Waals surface area contributed by atoms with Crippen LogP contribution >= 0.6 is 0 Å². The van der Waals surface area contributed by atoms with Crippen molar-refractivity contribution < 1.29 is 4.52 Å². The van der Waals surface area contributed by atoms with Crippen molar-refractivity contribution in [3.8, 4) is 22.6 Å². The van der Waals surface area contributed by atoms with Crippen molar-refractivity contribution in [2.24, 2.45) is 0 Å². The van der Waals surface area contributed by atoms with Gasteiger partial charge >= 0.3 is 0 Å². The first-order chi connectivity index (χ1) is 11.4. The number of benzene rings is 1. The minimum absolute atomic E-state index is 0.373. The molecule has 4 aromatic rings. The summed E-state index contributed by atoms with van der Waals surface area (Å²) in [5, 5.41) is 12.2. The Bertz CT molecular complexity index is 825. The van der Waals surface area contributed by atoms with Crippen LogP contribution in [-0.2, 0) is 6.54 Å². The molecule has 3 heterocycles. The lowest BCUT2D eigenvalue weighted by atomic mass is 10.2. The average molecular weight is 304 g/mol. The Labute approximate surface area is 131 Å². The van der Waals surface area contributed by atoms with E-state index in [-0.39, 0.29) is 0 Å². The second-order valence-corrected chi connectivity index (χ2v) is 4.91. The summed E-state index contributed by atoms with van der Waals surface area (Å²) in [6.45, 7) is 0.373. The first kappa shape index (κ1) is 13.3. The first-order valence-electron chi connectivity index (χ1n) is 7.07. The minimum atomic E-state index is 0.373. The van der Waals surface area contributed by atoms with Crippen LogP contribution in [0.2, 0.25) is 0 Å². The first-order valence-corrected chi connectivity index (χ1v) is 7.07. The van der Waals surface area contributed by atoms with E-state index < -0.39 is 0 Å². The number of hydrogen-bond donors (Lipinski definition) is 0. The van der Waals surface area contributed by atoms with Gasteiger partial charge in [-0.15, -0.1) is 5.10 Å². The van der Waals surface area contributed by atoms with Gasteiger partial charge in [-0.2, -0.15) is 4.98 Å². The summed E-state index contributed by atoms with van der Waals surface area (Å²) in [6, 6.07) is 13.5. The molecule has 3 aromatic heterocycles. The van der Waals surface area contributed by atoms with E-state index >= 15 is 0 Å². The second kappa shape index (κ2) is 5.80. The highest BCUT2D eigenvalue weighted by Crippen LogP contribution is 2.17. The molecule has 4 rings (SSSR count). The van der Waals surface area contributed by atoms with Gasteiger partial charge in [0.2, 0.25) is 11.7 Å². The molecule has 0 aliphatic rings. The maximum atomic E-state index is 5.27. The molecule has 0 N–H and O–H groups in total.